The number of fused-ring (bicyclic) bond motifs is 2. The number of benzene rings is 1. The normalized spacial score (nSPS) is 12.6. The zero-order chi connectivity index (χ0) is 29.3. The van der Waals surface area contributed by atoms with E-state index in [0.717, 1.165) is 11.1 Å². The summed E-state index contributed by atoms with van der Waals surface area (Å²) in [6.07, 6.45) is 1.54. The van der Waals surface area contributed by atoms with Gasteiger partial charge in [0.05, 0.1) is 42.4 Å². The fourth-order valence-corrected chi connectivity index (χ4v) is 4.67. The molecule has 0 aliphatic heterocycles. The molecule has 5 aromatic rings. The molecule has 15 heteroatoms. The number of amides is 2. The Bertz CT molecular complexity index is 1780. The number of hydrogen-bond donors (Lipinski definition) is 2. The van der Waals surface area contributed by atoms with Gasteiger partial charge in [-0.1, -0.05) is 11.3 Å². The topological polar surface area (TPSA) is 177 Å². The van der Waals surface area contributed by atoms with Crippen LogP contribution in [-0.2, 0) is 4.74 Å². The van der Waals surface area contributed by atoms with Crippen LogP contribution in [0, 0.1) is 12.7 Å². The summed E-state index contributed by atoms with van der Waals surface area (Å²) in [5.41, 5.74) is 8.58. The van der Waals surface area contributed by atoms with E-state index in [1.54, 1.807) is 13.8 Å². The van der Waals surface area contributed by atoms with Gasteiger partial charge in [-0.3, -0.25) is 10.1 Å². The molecule has 3 N–H and O–H groups in total. The summed E-state index contributed by atoms with van der Waals surface area (Å²) in [6, 6.07) is 5.06. The van der Waals surface area contributed by atoms with E-state index >= 15 is 0 Å². The maximum atomic E-state index is 15.0. The van der Waals surface area contributed by atoms with Crippen molar-refractivity contribution < 1.29 is 28.2 Å². The van der Waals surface area contributed by atoms with Crippen molar-refractivity contribution in [3.8, 4) is 22.3 Å². The molecule has 0 bridgehead atoms. The smallest absolute Gasteiger partial charge is 0.412 e. The lowest BCUT2D eigenvalue weighted by atomic mass is 10.1. The number of nitrogens with zero attached hydrogens (tertiary/aromatic N) is 6. The second kappa shape index (κ2) is 11.2. The van der Waals surface area contributed by atoms with Crippen LogP contribution in [0.15, 0.2) is 36.8 Å². The van der Waals surface area contributed by atoms with Crippen molar-refractivity contribution in [3.63, 3.8) is 0 Å². The summed E-state index contributed by atoms with van der Waals surface area (Å²) in [6.45, 7) is 5.12. The molecule has 5 rings (SSSR count). The number of halogens is 1. The summed E-state index contributed by atoms with van der Waals surface area (Å²) in [5, 5.41) is 3.02. The Balaban J connectivity index is 1.31. The monoisotopic (exact) mass is 578 g/mol. The molecule has 41 heavy (non-hydrogen) atoms. The third kappa shape index (κ3) is 5.94. The van der Waals surface area contributed by atoms with Crippen LogP contribution in [0.1, 0.15) is 30.0 Å². The van der Waals surface area contributed by atoms with Crippen LogP contribution in [0.25, 0.3) is 32.0 Å². The number of rotatable bonds is 8. The molecule has 4 heterocycles. The summed E-state index contributed by atoms with van der Waals surface area (Å²) in [5.74, 6) is -1.58. The predicted octanol–water partition coefficient (Wildman–Crippen LogP) is 4.05. The fraction of sp³-hybridized carbons (Fsp3) is 0.231. The van der Waals surface area contributed by atoms with Crippen molar-refractivity contribution in [2.45, 2.75) is 33.0 Å². The largest absolute Gasteiger partial charge is 0.480 e. The molecule has 0 unspecified atom stereocenters. The Morgan fingerprint density at radius 2 is 1.76 bits per heavy atom. The summed E-state index contributed by atoms with van der Waals surface area (Å²) >= 11 is 1.25. The predicted molar refractivity (Wildman–Crippen MR) is 147 cm³/mol. The first-order valence-corrected chi connectivity index (χ1v) is 13.0. The van der Waals surface area contributed by atoms with Crippen LogP contribution in [-0.4, -0.2) is 61.2 Å². The van der Waals surface area contributed by atoms with Gasteiger partial charge in [-0.2, -0.15) is 4.98 Å². The highest BCUT2D eigenvalue weighted by atomic mass is 32.1. The molecule has 0 radical (unpaired) electrons. The number of primary amides is 1. The highest BCUT2D eigenvalue weighted by Gasteiger charge is 2.23. The van der Waals surface area contributed by atoms with Gasteiger partial charge in [0.2, 0.25) is 11.7 Å². The van der Waals surface area contributed by atoms with E-state index in [1.807, 2.05) is 19.1 Å². The number of carbonyl (C=O) groups excluding carboxylic acids is 2. The minimum Gasteiger partial charge on any atom is -0.480 e. The van der Waals surface area contributed by atoms with Gasteiger partial charge in [0.25, 0.3) is 11.8 Å². The standard InChI is InChI=1S/C26H23FN8O5S/c1-11-5-15(20-17(6-11)33-19(38-4)10-29-20)24-34-18-7-16(27)23(35-25(18)41-24)39-12(2)13(3)40-26(37)32-14-8-30-22(21(28)36)31-9-14/h5-10,12-13H,1-4H3,(H2,28,36)(H,32,37)/t12-,13+/m0/s1. The van der Waals surface area contributed by atoms with Gasteiger partial charge in [0.1, 0.15) is 27.6 Å². The molecule has 0 fully saturated rings. The van der Waals surface area contributed by atoms with E-state index in [9.17, 15) is 14.0 Å². The van der Waals surface area contributed by atoms with Crippen LogP contribution in [0.2, 0.25) is 0 Å². The number of methoxy groups -OCH3 is 1. The molecular formula is C26H23FN8O5S. The van der Waals surface area contributed by atoms with Crippen LogP contribution < -0.4 is 20.5 Å². The van der Waals surface area contributed by atoms with Gasteiger partial charge in [-0.25, -0.2) is 34.1 Å². The lowest BCUT2D eigenvalue weighted by Crippen LogP contribution is -2.33. The van der Waals surface area contributed by atoms with Crippen molar-refractivity contribution >= 4 is 50.4 Å². The van der Waals surface area contributed by atoms with E-state index in [-0.39, 0.29) is 17.4 Å². The Kier molecular flexibility index (Phi) is 7.52. The number of nitrogens with one attached hydrogen (secondary N) is 1. The van der Waals surface area contributed by atoms with E-state index in [1.165, 1.54) is 43.1 Å². The van der Waals surface area contributed by atoms with Gasteiger partial charge >= 0.3 is 6.09 Å². The van der Waals surface area contributed by atoms with Gasteiger partial charge in [-0.15, -0.1) is 0 Å². The molecule has 210 valence electrons. The Morgan fingerprint density at radius 3 is 2.46 bits per heavy atom. The van der Waals surface area contributed by atoms with Crippen LogP contribution in [0.5, 0.6) is 11.8 Å². The lowest BCUT2D eigenvalue weighted by molar-refractivity contribution is 0.0379. The van der Waals surface area contributed by atoms with Crippen molar-refractivity contribution in [2.24, 2.45) is 5.73 Å². The van der Waals surface area contributed by atoms with Crippen molar-refractivity contribution in [3.05, 3.63) is 54.0 Å². The molecular weight excluding hydrogens is 555 g/mol. The molecule has 2 amide bonds. The molecule has 0 spiro atoms. The number of anilines is 1. The zero-order valence-electron chi connectivity index (χ0n) is 22.2. The second-order valence-electron chi connectivity index (χ2n) is 8.93. The number of ether oxygens (including phenoxy) is 3. The van der Waals surface area contributed by atoms with E-state index < -0.39 is 30.0 Å². The third-order valence-corrected chi connectivity index (χ3v) is 6.88. The van der Waals surface area contributed by atoms with Gasteiger partial charge in [-0.05, 0) is 38.5 Å². The summed E-state index contributed by atoms with van der Waals surface area (Å²) in [7, 11) is 1.52. The maximum absolute atomic E-state index is 15.0. The molecule has 2 atom stereocenters. The molecule has 1 aromatic carbocycles. The first-order valence-electron chi connectivity index (χ1n) is 12.2. The van der Waals surface area contributed by atoms with E-state index in [4.69, 9.17) is 19.9 Å². The van der Waals surface area contributed by atoms with Gasteiger partial charge in [0, 0.05) is 11.6 Å². The third-order valence-electron chi connectivity index (χ3n) is 5.88. The second-order valence-corrected chi connectivity index (χ2v) is 9.91. The molecule has 4 aromatic heterocycles. The number of pyridine rings is 1. The minimum atomic E-state index is -0.828. The van der Waals surface area contributed by atoms with Crippen LogP contribution in [0.3, 0.4) is 0 Å². The summed E-state index contributed by atoms with van der Waals surface area (Å²) < 4.78 is 31.2. The Morgan fingerprint density at radius 1 is 1.00 bits per heavy atom. The number of thiazole rings is 1. The van der Waals surface area contributed by atoms with Crippen molar-refractivity contribution in [1.82, 2.24) is 29.9 Å². The molecule has 0 aliphatic rings. The Hall–Kier alpha value is -5.05. The highest BCUT2D eigenvalue weighted by Crippen LogP contribution is 2.35. The average Bonchev–Trinajstić information content (AvgIpc) is 3.34. The van der Waals surface area contributed by atoms with Crippen LogP contribution >= 0.6 is 11.3 Å². The number of carbonyl (C=O) groups is 2. The molecule has 13 nitrogen and oxygen atoms in total. The van der Waals surface area contributed by atoms with Gasteiger partial charge < -0.3 is 19.9 Å². The number of nitrogens with two attached hydrogens (primary N) is 1. The van der Waals surface area contributed by atoms with Gasteiger partial charge in [0.15, 0.2) is 5.82 Å². The molecule has 0 aliphatic carbocycles. The number of hydrogen-bond acceptors (Lipinski definition) is 12. The van der Waals surface area contributed by atoms with Crippen LogP contribution in [0.4, 0.5) is 14.9 Å². The first kappa shape index (κ1) is 27.5. The lowest BCUT2D eigenvalue weighted by Gasteiger charge is -2.21. The quantitative estimate of drug-likeness (QED) is 0.271. The molecule has 0 saturated heterocycles. The van der Waals surface area contributed by atoms with Crippen molar-refractivity contribution in [1.29, 1.82) is 0 Å². The van der Waals surface area contributed by atoms with E-state index in [0.29, 0.717) is 32.3 Å². The van der Waals surface area contributed by atoms with E-state index in [2.05, 4.69) is 35.2 Å². The number of aryl methyl sites for hydroxylation is 1. The molecule has 0 saturated carbocycles. The van der Waals surface area contributed by atoms with Crippen molar-refractivity contribution in [2.75, 3.05) is 12.4 Å². The first-order chi connectivity index (χ1) is 19.6. The Labute approximate surface area is 236 Å². The number of aromatic nitrogens is 6. The summed E-state index contributed by atoms with van der Waals surface area (Å²) in [4.78, 5) is 49.1. The SMILES string of the molecule is COc1cnc2c(-c3nc4cc(F)c(O[C@@H](C)[C@@H](C)OC(=O)Nc5cnc(C(N)=O)nc5)nc4s3)cc(C)cc2n1. The highest BCUT2D eigenvalue weighted by molar-refractivity contribution is 7.21. The fourth-order valence-electron chi connectivity index (χ4n) is 3.74. The maximum Gasteiger partial charge on any atom is 0.412 e. The zero-order valence-corrected chi connectivity index (χ0v) is 23.0. The average molecular weight is 579 g/mol. The minimum absolute atomic E-state index is 0.187.